The lowest BCUT2D eigenvalue weighted by Crippen LogP contribution is -2.07. The van der Waals surface area contributed by atoms with Crippen molar-refractivity contribution in [1.29, 1.82) is 0 Å². The predicted octanol–water partition coefficient (Wildman–Crippen LogP) is 6.93. The van der Waals surface area contributed by atoms with Crippen molar-refractivity contribution in [2.24, 2.45) is 5.41 Å². The Morgan fingerprint density at radius 1 is 1.16 bits per heavy atom. The van der Waals surface area contributed by atoms with E-state index in [2.05, 4.69) is 51.3 Å². The lowest BCUT2D eigenvalue weighted by molar-refractivity contribution is 0.432. The highest BCUT2D eigenvalue weighted by molar-refractivity contribution is 7.11. The number of unbranched alkanes of at least 4 members (excludes halogenated alkanes) is 3. The fourth-order valence-electron chi connectivity index (χ4n) is 2.66. The Morgan fingerprint density at radius 3 is 2.53 bits per heavy atom. The molecule has 0 amide bonds. The monoisotopic (exact) mass is 278 g/mol. The van der Waals surface area contributed by atoms with Gasteiger partial charge < -0.3 is 0 Å². The Hall–Kier alpha value is -0.560. The highest BCUT2D eigenvalue weighted by Gasteiger charge is 2.15. The smallest absolute Gasteiger partial charge is 0.0299 e. The maximum atomic E-state index is 2.54. The van der Waals surface area contributed by atoms with Gasteiger partial charge in [-0.05, 0) is 41.7 Å². The van der Waals surface area contributed by atoms with Crippen LogP contribution in [0, 0.1) is 5.41 Å². The molecule has 1 aromatic rings. The Kier molecular flexibility index (Phi) is 7.45. The van der Waals surface area contributed by atoms with Crippen LogP contribution in [0.5, 0.6) is 0 Å². The number of allylic oxidation sites excluding steroid dienone is 2. The number of rotatable bonds is 9. The van der Waals surface area contributed by atoms with Gasteiger partial charge in [0.15, 0.2) is 0 Å². The molecule has 0 saturated heterocycles. The van der Waals surface area contributed by atoms with Crippen LogP contribution in [0.1, 0.15) is 77.5 Å². The van der Waals surface area contributed by atoms with Crippen molar-refractivity contribution in [3.63, 3.8) is 0 Å². The summed E-state index contributed by atoms with van der Waals surface area (Å²) in [5.41, 5.74) is 1.91. The number of hydrogen-bond acceptors (Lipinski definition) is 1. The summed E-state index contributed by atoms with van der Waals surface area (Å²) in [6.07, 6.45) is 11.7. The molecule has 1 rings (SSSR count). The van der Waals surface area contributed by atoms with Gasteiger partial charge in [0.05, 0.1) is 0 Å². The maximum absolute atomic E-state index is 2.54. The van der Waals surface area contributed by atoms with Gasteiger partial charge in [-0.25, -0.2) is 0 Å². The lowest BCUT2D eigenvalue weighted by atomic mass is 9.85. The molecule has 0 unspecified atom stereocenters. The average Bonchev–Trinajstić information content (AvgIpc) is 2.86. The van der Waals surface area contributed by atoms with Crippen LogP contribution in [0.25, 0.3) is 5.57 Å². The van der Waals surface area contributed by atoms with E-state index in [1.807, 2.05) is 11.3 Å². The van der Waals surface area contributed by atoms with Gasteiger partial charge in [0, 0.05) is 4.88 Å². The first-order chi connectivity index (χ1) is 9.09. The molecule has 1 aromatic heterocycles. The highest BCUT2D eigenvalue weighted by Crippen LogP contribution is 2.33. The van der Waals surface area contributed by atoms with E-state index in [0.717, 1.165) is 0 Å². The van der Waals surface area contributed by atoms with E-state index in [4.69, 9.17) is 0 Å². The fourth-order valence-corrected chi connectivity index (χ4v) is 3.43. The standard InChI is InChI=1S/C18H30S/c1-5-7-8-9-11-16(17-12-10-14-19-17)15-18(3,4)13-6-2/h10,12,14-15H,5-9,11,13H2,1-4H3/b16-15+. The topological polar surface area (TPSA) is 0 Å². The van der Waals surface area contributed by atoms with Gasteiger partial charge in [0.25, 0.3) is 0 Å². The second-order valence-corrected chi connectivity index (χ2v) is 7.14. The zero-order chi connectivity index (χ0) is 14.1. The van der Waals surface area contributed by atoms with Crippen molar-refractivity contribution >= 4 is 16.9 Å². The summed E-state index contributed by atoms with van der Waals surface area (Å²) >= 11 is 1.89. The van der Waals surface area contributed by atoms with Gasteiger partial charge in [0.2, 0.25) is 0 Å². The number of hydrogen-bond donors (Lipinski definition) is 0. The fraction of sp³-hybridized carbons (Fsp3) is 0.667. The summed E-state index contributed by atoms with van der Waals surface area (Å²) in [5, 5.41) is 2.20. The Labute approximate surface area is 123 Å². The van der Waals surface area contributed by atoms with Crippen molar-refractivity contribution in [2.75, 3.05) is 0 Å². The molecule has 0 atom stereocenters. The van der Waals surface area contributed by atoms with Gasteiger partial charge in [-0.15, -0.1) is 11.3 Å². The Morgan fingerprint density at radius 2 is 1.95 bits per heavy atom. The third-order valence-corrected chi connectivity index (χ3v) is 4.54. The van der Waals surface area contributed by atoms with E-state index in [1.165, 1.54) is 49.8 Å². The third kappa shape index (κ3) is 6.42. The molecule has 0 aliphatic carbocycles. The van der Waals surface area contributed by atoms with Gasteiger partial charge in [-0.3, -0.25) is 0 Å². The predicted molar refractivity (Wildman–Crippen MR) is 89.7 cm³/mol. The molecule has 0 aliphatic heterocycles. The van der Waals surface area contributed by atoms with E-state index < -0.39 is 0 Å². The molecule has 0 aliphatic rings. The lowest BCUT2D eigenvalue weighted by Gasteiger charge is -2.21. The largest absolute Gasteiger partial charge is 0.144 e. The molecular formula is C18H30S. The third-order valence-electron chi connectivity index (χ3n) is 3.60. The molecule has 0 nitrogen and oxygen atoms in total. The van der Waals surface area contributed by atoms with Crippen molar-refractivity contribution in [3.05, 3.63) is 28.5 Å². The molecular weight excluding hydrogens is 248 g/mol. The summed E-state index contributed by atoms with van der Waals surface area (Å²) in [4.78, 5) is 1.47. The summed E-state index contributed by atoms with van der Waals surface area (Å²) < 4.78 is 0. The zero-order valence-corrected chi connectivity index (χ0v) is 14.0. The highest BCUT2D eigenvalue weighted by atomic mass is 32.1. The van der Waals surface area contributed by atoms with E-state index in [-0.39, 0.29) is 0 Å². The van der Waals surface area contributed by atoms with Crippen molar-refractivity contribution in [1.82, 2.24) is 0 Å². The first-order valence-electron chi connectivity index (χ1n) is 7.84. The van der Waals surface area contributed by atoms with E-state index in [0.29, 0.717) is 5.41 Å². The molecule has 0 fully saturated rings. The maximum Gasteiger partial charge on any atom is 0.0299 e. The van der Waals surface area contributed by atoms with Crippen molar-refractivity contribution in [2.45, 2.75) is 72.6 Å². The van der Waals surface area contributed by atoms with Crippen LogP contribution in [0.15, 0.2) is 23.6 Å². The van der Waals surface area contributed by atoms with Crippen molar-refractivity contribution in [3.8, 4) is 0 Å². The molecule has 0 bridgehead atoms. The van der Waals surface area contributed by atoms with Crippen LogP contribution in [0.2, 0.25) is 0 Å². The normalized spacial score (nSPS) is 12.9. The van der Waals surface area contributed by atoms with Crippen molar-refractivity contribution < 1.29 is 0 Å². The van der Waals surface area contributed by atoms with Gasteiger partial charge in [-0.2, -0.15) is 0 Å². The Bertz CT molecular complexity index is 357. The second-order valence-electron chi connectivity index (χ2n) is 6.20. The molecule has 0 N–H and O–H groups in total. The molecule has 1 heterocycles. The summed E-state index contributed by atoms with van der Waals surface area (Å²) in [6.45, 7) is 9.30. The molecule has 0 saturated carbocycles. The van der Waals surface area contributed by atoms with Crippen LogP contribution >= 0.6 is 11.3 Å². The van der Waals surface area contributed by atoms with Gasteiger partial charge in [0.1, 0.15) is 0 Å². The molecule has 0 spiro atoms. The molecule has 1 heteroatoms. The SMILES string of the molecule is CCCCCC/C(=C\C(C)(C)CCC)c1cccs1. The average molecular weight is 279 g/mol. The van der Waals surface area contributed by atoms with Gasteiger partial charge >= 0.3 is 0 Å². The number of thiophene rings is 1. The molecule has 108 valence electrons. The van der Waals surface area contributed by atoms with Crippen LogP contribution in [0.4, 0.5) is 0 Å². The van der Waals surface area contributed by atoms with Crippen LogP contribution < -0.4 is 0 Å². The zero-order valence-electron chi connectivity index (χ0n) is 13.2. The van der Waals surface area contributed by atoms with E-state index in [9.17, 15) is 0 Å². The van der Waals surface area contributed by atoms with Crippen LogP contribution in [-0.2, 0) is 0 Å². The first kappa shape index (κ1) is 16.5. The van der Waals surface area contributed by atoms with E-state index >= 15 is 0 Å². The molecule has 0 aromatic carbocycles. The minimum Gasteiger partial charge on any atom is -0.144 e. The van der Waals surface area contributed by atoms with Crippen LogP contribution in [0.3, 0.4) is 0 Å². The summed E-state index contributed by atoms with van der Waals surface area (Å²) in [6, 6.07) is 4.45. The Balaban J connectivity index is 2.72. The van der Waals surface area contributed by atoms with E-state index in [1.54, 1.807) is 5.57 Å². The molecule has 0 radical (unpaired) electrons. The summed E-state index contributed by atoms with van der Waals surface area (Å²) in [5.74, 6) is 0. The minimum atomic E-state index is 0.332. The first-order valence-corrected chi connectivity index (χ1v) is 8.72. The van der Waals surface area contributed by atoms with Crippen LogP contribution in [-0.4, -0.2) is 0 Å². The minimum absolute atomic E-state index is 0.332. The quantitative estimate of drug-likeness (QED) is 0.430. The molecule has 19 heavy (non-hydrogen) atoms. The van der Waals surface area contributed by atoms with Gasteiger partial charge in [-0.1, -0.05) is 65.5 Å². The second kappa shape index (κ2) is 8.58. The summed E-state index contributed by atoms with van der Waals surface area (Å²) in [7, 11) is 0.